The Hall–Kier alpha value is -2.61. The number of para-hydroxylation sites is 1. The van der Waals surface area contributed by atoms with Crippen molar-refractivity contribution in [1.82, 2.24) is 9.55 Å². The molecule has 1 heterocycles. The lowest BCUT2D eigenvalue weighted by Gasteiger charge is -2.12. The highest BCUT2D eigenvalue weighted by molar-refractivity contribution is 7.98. The van der Waals surface area contributed by atoms with Gasteiger partial charge < -0.3 is 10.1 Å². The average molecular weight is 347 g/mol. The second kappa shape index (κ2) is 7.78. The quantitative estimate of drug-likeness (QED) is 0.503. The summed E-state index contributed by atoms with van der Waals surface area (Å²) in [7, 11) is 1.27. The van der Waals surface area contributed by atoms with Crippen molar-refractivity contribution in [3.63, 3.8) is 0 Å². The zero-order valence-corrected chi connectivity index (χ0v) is 14.3. The first-order valence-electron chi connectivity index (χ1n) is 7.06. The van der Waals surface area contributed by atoms with Gasteiger partial charge in [0.05, 0.1) is 18.4 Å². The molecular weight excluding hydrogens is 330 g/mol. The fourth-order valence-electron chi connectivity index (χ4n) is 2.11. The zero-order valence-electron chi connectivity index (χ0n) is 13.5. The minimum atomic E-state index is -0.551. The number of hydrogen-bond donors (Lipinski definition) is 1. The molecule has 0 saturated heterocycles. The molecule has 0 saturated carbocycles. The number of amides is 1. The van der Waals surface area contributed by atoms with E-state index in [1.165, 1.54) is 29.5 Å². The Balaban J connectivity index is 2.24. The number of carbonyl (C=O) groups excluding carboxylic acids is 2. The number of rotatable bonds is 5. The van der Waals surface area contributed by atoms with Crippen LogP contribution in [0.25, 0.3) is 0 Å². The molecule has 1 N–H and O–H groups in total. The van der Waals surface area contributed by atoms with Crippen LogP contribution in [0.5, 0.6) is 0 Å². The van der Waals surface area contributed by atoms with Crippen molar-refractivity contribution in [1.29, 1.82) is 0 Å². The molecule has 2 rings (SSSR count). The smallest absolute Gasteiger partial charge is 0.339 e. The van der Waals surface area contributed by atoms with E-state index < -0.39 is 11.9 Å². The summed E-state index contributed by atoms with van der Waals surface area (Å²) < 4.78 is 5.97. The number of carbonyl (C=O) groups is 2. The van der Waals surface area contributed by atoms with Gasteiger partial charge in [0.15, 0.2) is 5.16 Å². The van der Waals surface area contributed by atoms with Gasteiger partial charge >= 0.3 is 5.97 Å². The average Bonchev–Trinajstić information content (AvgIpc) is 2.56. The maximum atomic E-state index is 12.3. The zero-order chi connectivity index (χ0) is 17.7. The molecule has 0 aliphatic carbocycles. The minimum Gasteiger partial charge on any atom is -0.465 e. The van der Waals surface area contributed by atoms with Gasteiger partial charge in [-0.15, -0.1) is 0 Å². The molecule has 0 aliphatic rings. The number of hydrogen-bond acceptors (Lipinski definition) is 6. The van der Waals surface area contributed by atoms with E-state index in [-0.39, 0.29) is 17.7 Å². The van der Waals surface area contributed by atoms with Crippen LogP contribution in [0, 0.1) is 6.92 Å². The molecule has 0 aliphatic heterocycles. The van der Waals surface area contributed by atoms with E-state index >= 15 is 0 Å². The van der Waals surface area contributed by atoms with Gasteiger partial charge in [-0.05, 0) is 25.3 Å². The molecule has 0 unspecified atom stereocenters. The Morgan fingerprint density at radius 1 is 1.33 bits per heavy atom. The number of nitrogens with zero attached hydrogens (tertiary/aromatic N) is 2. The van der Waals surface area contributed by atoms with Gasteiger partial charge in [0.1, 0.15) is 6.54 Å². The van der Waals surface area contributed by atoms with Gasteiger partial charge in [0, 0.05) is 11.8 Å². The fourth-order valence-corrected chi connectivity index (χ4v) is 2.72. The van der Waals surface area contributed by atoms with Gasteiger partial charge in [-0.2, -0.15) is 0 Å². The Labute approximate surface area is 143 Å². The summed E-state index contributed by atoms with van der Waals surface area (Å²) in [5, 5.41) is 3.09. The topological polar surface area (TPSA) is 90.3 Å². The van der Waals surface area contributed by atoms with Crippen molar-refractivity contribution in [2.75, 3.05) is 18.7 Å². The Bertz CT molecular complexity index is 832. The number of ether oxygens (including phenoxy) is 1. The van der Waals surface area contributed by atoms with E-state index in [1.54, 1.807) is 37.4 Å². The van der Waals surface area contributed by atoms with E-state index in [9.17, 15) is 14.4 Å². The minimum absolute atomic E-state index is 0.197. The van der Waals surface area contributed by atoms with Crippen molar-refractivity contribution in [2.24, 2.45) is 0 Å². The molecule has 126 valence electrons. The highest BCUT2D eigenvalue weighted by Gasteiger charge is 2.15. The number of anilines is 1. The van der Waals surface area contributed by atoms with Crippen LogP contribution in [0.15, 0.2) is 40.3 Å². The predicted octanol–water partition coefficient (Wildman–Crippen LogP) is 1.70. The van der Waals surface area contributed by atoms with E-state index in [2.05, 4.69) is 15.0 Å². The van der Waals surface area contributed by atoms with Gasteiger partial charge in [0.2, 0.25) is 5.91 Å². The SMILES string of the molecule is COC(=O)c1ccccc1NC(=O)Cn1c(SC)nc(C)cc1=O. The number of esters is 1. The van der Waals surface area contributed by atoms with Crippen molar-refractivity contribution < 1.29 is 14.3 Å². The molecule has 0 atom stereocenters. The first-order valence-corrected chi connectivity index (χ1v) is 8.28. The van der Waals surface area contributed by atoms with Crippen molar-refractivity contribution in [3.8, 4) is 0 Å². The Morgan fingerprint density at radius 2 is 2.04 bits per heavy atom. The molecule has 0 bridgehead atoms. The van der Waals surface area contributed by atoms with Gasteiger partial charge in [-0.1, -0.05) is 23.9 Å². The molecule has 0 spiro atoms. The van der Waals surface area contributed by atoms with Crippen LogP contribution < -0.4 is 10.9 Å². The first kappa shape index (κ1) is 17.7. The predicted molar refractivity (Wildman–Crippen MR) is 91.4 cm³/mol. The first-order chi connectivity index (χ1) is 11.5. The summed E-state index contributed by atoms with van der Waals surface area (Å²) in [6.45, 7) is 1.52. The highest BCUT2D eigenvalue weighted by Crippen LogP contribution is 2.16. The van der Waals surface area contributed by atoms with Crippen LogP contribution in [-0.2, 0) is 16.1 Å². The third kappa shape index (κ3) is 4.02. The van der Waals surface area contributed by atoms with E-state index in [1.807, 2.05) is 0 Å². The van der Waals surface area contributed by atoms with Crippen molar-refractivity contribution in [2.45, 2.75) is 18.6 Å². The van der Waals surface area contributed by atoms with Crippen LogP contribution in [-0.4, -0.2) is 34.8 Å². The Morgan fingerprint density at radius 3 is 2.71 bits per heavy atom. The van der Waals surface area contributed by atoms with Crippen molar-refractivity contribution >= 4 is 29.3 Å². The lowest BCUT2D eigenvalue weighted by atomic mass is 10.2. The van der Waals surface area contributed by atoms with Crippen LogP contribution >= 0.6 is 11.8 Å². The summed E-state index contributed by atoms with van der Waals surface area (Å²) >= 11 is 1.28. The largest absolute Gasteiger partial charge is 0.465 e. The summed E-state index contributed by atoms with van der Waals surface area (Å²) in [6.07, 6.45) is 1.78. The molecular formula is C16H17N3O4S. The van der Waals surface area contributed by atoms with Crippen molar-refractivity contribution in [3.05, 3.63) is 51.9 Å². The highest BCUT2D eigenvalue weighted by atomic mass is 32.2. The number of aromatic nitrogens is 2. The standard InChI is InChI=1S/C16H17N3O4S/c1-10-8-14(21)19(16(17-10)24-3)9-13(20)18-12-7-5-4-6-11(12)15(22)23-2/h4-8H,9H2,1-3H3,(H,18,20). The number of aryl methyl sites for hydroxylation is 1. The second-order valence-electron chi connectivity index (χ2n) is 4.89. The van der Waals surface area contributed by atoms with Crippen LogP contribution in [0.2, 0.25) is 0 Å². The van der Waals surface area contributed by atoms with Gasteiger partial charge in [-0.3, -0.25) is 14.2 Å². The maximum absolute atomic E-state index is 12.3. The molecule has 0 fully saturated rings. The summed E-state index contributed by atoms with van der Waals surface area (Å²) in [5.74, 6) is -0.987. The number of nitrogens with one attached hydrogen (secondary N) is 1. The number of benzene rings is 1. The third-order valence-corrected chi connectivity index (χ3v) is 3.87. The molecule has 24 heavy (non-hydrogen) atoms. The molecule has 1 aromatic carbocycles. The molecule has 0 radical (unpaired) electrons. The monoisotopic (exact) mass is 347 g/mol. The summed E-state index contributed by atoms with van der Waals surface area (Å²) in [6, 6.07) is 7.87. The lowest BCUT2D eigenvalue weighted by molar-refractivity contribution is -0.116. The van der Waals surface area contributed by atoms with Crippen LogP contribution in [0.4, 0.5) is 5.69 Å². The normalized spacial score (nSPS) is 10.3. The van der Waals surface area contributed by atoms with Gasteiger partial charge in [0.25, 0.3) is 5.56 Å². The van der Waals surface area contributed by atoms with E-state index in [0.717, 1.165) is 0 Å². The Kier molecular flexibility index (Phi) is 5.75. The molecule has 2 aromatic rings. The molecule has 7 nitrogen and oxygen atoms in total. The van der Waals surface area contributed by atoms with E-state index in [0.29, 0.717) is 16.5 Å². The maximum Gasteiger partial charge on any atom is 0.339 e. The molecule has 1 amide bonds. The number of methoxy groups -OCH3 is 1. The number of thioether (sulfide) groups is 1. The summed E-state index contributed by atoms with van der Waals surface area (Å²) in [5.41, 5.74) is 0.862. The van der Waals surface area contributed by atoms with Gasteiger partial charge in [-0.25, -0.2) is 9.78 Å². The van der Waals surface area contributed by atoms with Crippen LogP contribution in [0.3, 0.4) is 0 Å². The summed E-state index contributed by atoms with van der Waals surface area (Å²) in [4.78, 5) is 40.3. The van der Waals surface area contributed by atoms with Crippen LogP contribution in [0.1, 0.15) is 16.1 Å². The molecule has 1 aromatic heterocycles. The fraction of sp³-hybridized carbons (Fsp3) is 0.250. The lowest BCUT2D eigenvalue weighted by Crippen LogP contribution is -2.29. The third-order valence-electron chi connectivity index (χ3n) is 3.19. The van der Waals surface area contributed by atoms with E-state index in [4.69, 9.17) is 0 Å². The molecule has 8 heteroatoms. The second-order valence-corrected chi connectivity index (χ2v) is 5.67.